The van der Waals surface area contributed by atoms with E-state index in [2.05, 4.69) is 27.2 Å². The molecule has 6 heteroatoms. The van der Waals surface area contributed by atoms with Crippen molar-refractivity contribution in [3.05, 3.63) is 114 Å². The number of rotatable bonds is 8. The van der Waals surface area contributed by atoms with Gasteiger partial charge in [0, 0.05) is 30.1 Å². The van der Waals surface area contributed by atoms with Gasteiger partial charge in [-0.15, -0.1) is 0 Å². The van der Waals surface area contributed by atoms with Gasteiger partial charge in [-0.05, 0) is 55.0 Å². The van der Waals surface area contributed by atoms with Gasteiger partial charge in [0.25, 0.3) is 5.91 Å². The number of allylic oxidation sites excluding steroid dienone is 2. The topological polar surface area (TPSA) is 92.4 Å². The number of benzene rings is 2. The van der Waals surface area contributed by atoms with E-state index >= 15 is 0 Å². The molecule has 170 valence electrons. The van der Waals surface area contributed by atoms with Crippen molar-refractivity contribution in [2.45, 2.75) is 27.3 Å². The number of pyridine rings is 1. The SMILES string of the molecule is C=C(/N=C(\C=C/C)c1cccnc1)NCc1ccc(C(=O)Nc2ccccc2N)cc1.CC. The molecule has 6 nitrogen and oxygen atoms in total. The molecule has 0 unspecified atom stereocenters. The van der Waals surface area contributed by atoms with Crippen molar-refractivity contribution in [2.24, 2.45) is 4.99 Å². The van der Waals surface area contributed by atoms with Crippen LogP contribution in [-0.4, -0.2) is 16.6 Å². The molecule has 0 aliphatic rings. The van der Waals surface area contributed by atoms with Gasteiger partial charge in [-0.1, -0.05) is 50.8 Å². The average molecular weight is 442 g/mol. The normalized spacial score (nSPS) is 10.8. The number of para-hydroxylation sites is 2. The van der Waals surface area contributed by atoms with Crippen LogP contribution in [-0.2, 0) is 6.54 Å². The maximum atomic E-state index is 12.4. The first kappa shape index (κ1) is 25.1. The number of carbonyl (C=O) groups excluding carboxylic acids is 1. The summed E-state index contributed by atoms with van der Waals surface area (Å²) in [6, 6.07) is 18.3. The summed E-state index contributed by atoms with van der Waals surface area (Å²) in [6.07, 6.45) is 7.32. The Kier molecular flexibility index (Phi) is 10.1. The highest BCUT2D eigenvalue weighted by atomic mass is 16.1. The Morgan fingerprint density at radius 3 is 2.42 bits per heavy atom. The zero-order valence-electron chi connectivity index (χ0n) is 19.4. The van der Waals surface area contributed by atoms with Gasteiger partial charge < -0.3 is 16.4 Å². The number of nitrogen functional groups attached to an aromatic ring is 1. The summed E-state index contributed by atoms with van der Waals surface area (Å²) < 4.78 is 0. The largest absolute Gasteiger partial charge is 0.397 e. The van der Waals surface area contributed by atoms with Crippen molar-refractivity contribution < 1.29 is 4.79 Å². The lowest BCUT2D eigenvalue weighted by molar-refractivity contribution is 0.102. The molecule has 0 spiro atoms. The van der Waals surface area contributed by atoms with Crippen molar-refractivity contribution in [1.29, 1.82) is 0 Å². The summed E-state index contributed by atoms with van der Waals surface area (Å²) in [5, 5.41) is 6.02. The first-order valence-corrected chi connectivity index (χ1v) is 10.9. The Morgan fingerprint density at radius 2 is 1.79 bits per heavy atom. The monoisotopic (exact) mass is 441 g/mol. The number of nitrogens with two attached hydrogens (primary N) is 1. The van der Waals surface area contributed by atoms with Crippen molar-refractivity contribution >= 4 is 23.0 Å². The number of nitrogens with zero attached hydrogens (tertiary/aromatic N) is 2. The van der Waals surface area contributed by atoms with Gasteiger partial charge >= 0.3 is 0 Å². The number of amides is 1. The zero-order chi connectivity index (χ0) is 24.1. The van der Waals surface area contributed by atoms with E-state index < -0.39 is 0 Å². The third kappa shape index (κ3) is 7.78. The van der Waals surface area contributed by atoms with Gasteiger partial charge in [0.15, 0.2) is 0 Å². The summed E-state index contributed by atoms with van der Waals surface area (Å²) in [5.74, 6) is 0.331. The molecule has 0 bridgehead atoms. The molecule has 1 aromatic heterocycles. The molecular weight excluding hydrogens is 410 g/mol. The van der Waals surface area contributed by atoms with E-state index in [1.54, 1.807) is 36.7 Å². The van der Waals surface area contributed by atoms with E-state index in [1.165, 1.54) is 0 Å². The van der Waals surface area contributed by atoms with E-state index in [0.29, 0.717) is 29.3 Å². The van der Waals surface area contributed by atoms with Crippen molar-refractivity contribution in [1.82, 2.24) is 10.3 Å². The van der Waals surface area contributed by atoms with Crippen LogP contribution in [0.25, 0.3) is 0 Å². The first-order valence-electron chi connectivity index (χ1n) is 10.9. The minimum absolute atomic E-state index is 0.209. The third-order valence-electron chi connectivity index (χ3n) is 4.46. The number of nitrogens with one attached hydrogen (secondary N) is 2. The van der Waals surface area contributed by atoms with Crippen molar-refractivity contribution in [2.75, 3.05) is 11.1 Å². The van der Waals surface area contributed by atoms with Crippen molar-refractivity contribution in [3.8, 4) is 0 Å². The van der Waals surface area contributed by atoms with E-state index in [9.17, 15) is 4.79 Å². The highest BCUT2D eigenvalue weighted by molar-refractivity contribution is 6.09. The molecule has 0 saturated carbocycles. The van der Waals surface area contributed by atoms with Gasteiger partial charge in [-0.25, -0.2) is 4.99 Å². The average Bonchev–Trinajstić information content (AvgIpc) is 2.86. The van der Waals surface area contributed by atoms with Gasteiger partial charge in [-0.2, -0.15) is 0 Å². The molecule has 33 heavy (non-hydrogen) atoms. The second-order valence-electron chi connectivity index (χ2n) is 6.78. The highest BCUT2D eigenvalue weighted by Gasteiger charge is 2.08. The van der Waals surface area contributed by atoms with Crippen LogP contribution in [0.4, 0.5) is 11.4 Å². The van der Waals surface area contributed by atoms with Gasteiger partial charge in [0.2, 0.25) is 0 Å². The van der Waals surface area contributed by atoms with Gasteiger partial charge in [-0.3, -0.25) is 9.78 Å². The Bertz CT molecular complexity index is 1100. The lowest BCUT2D eigenvalue weighted by Crippen LogP contribution is -2.14. The standard InChI is InChI=1S/C25H25N5O.C2H6/c1-3-7-23(21-8-6-15-27-17-21)29-18(2)28-16-19-11-13-20(14-12-19)25(31)30-24-10-5-4-9-22(24)26;1-2/h3-15,17,28H,2,16,26H2,1H3,(H,30,31);1-2H3/b7-3-,29-23+;. The molecule has 0 aliphatic heterocycles. The Hall–Kier alpha value is -4.19. The zero-order valence-corrected chi connectivity index (χ0v) is 19.4. The summed E-state index contributed by atoms with van der Waals surface area (Å²) in [4.78, 5) is 21.1. The van der Waals surface area contributed by atoms with Gasteiger partial charge in [0.1, 0.15) is 5.82 Å². The number of anilines is 2. The summed E-state index contributed by atoms with van der Waals surface area (Å²) in [5.41, 5.74) is 10.2. The molecule has 0 atom stereocenters. The quantitative estimate of drug-likeness (QED) is 0.315. The van der Waals surface area contributed by atoms with E-state index in [0.717, 1.165) is 16.8 Å². The van der Waals surface area contributed by atoms with Crippen molar-refractivity contribution in [3.63, 3.8) is 0 Å². The number of hydrogen-bond donors (Lipinski definition) is 3. The predicted molar refractivity (Wildman–Crippen MR) is 138 cm³/mol. The van der Waals surface area contributed by atoms with Gasteiger partial charge in [0.05, 0.1) is 17.1 Å². The fourth-order valence-electron chi connectivity index (χ4n) is 2.84. The van der Waals surface area contributed by atoms with Crippen LogP contribution in [0.1, 0.15) is 42.3 Å². The second-order valence-corrected chi connectivity index (χ2v) is 6.78. The molecule has 4 N–H and O–H groups in total. The smallest absolute Gasteiger partial charge is 0.255 e. The molecule has 2 aromatic carbocycles. The molecule has 3 rings (SSSR count). The van der Waals surface area contributed by atoms with Crippen LogP contribution in [0, 0.1) is 0 Å². The minimum Gasteiger partial charge on any atom is -0.397 e. The Balaban J connectivity index is 0.00000187. The van der Waals surface area contributed by atoms with Crippen LogP contribution in [0.3, 0.4) is 0 Å². The fourth-order valence-corrected chi connectivity index (χ4v) is 2.84. The maximum Gasteiger partial charge on any atom is 0.255 e. The van der Waals surface area contributed by atoms with E-state index in [1.807, 2.05) is 69.3 Å². The third-order valence-corrected chi connectivity index (χ3v) is 4.46. The van der Waals surface area contributed by atoms with Crippen LogP contribution in [0.2, 0.25) is 0 Å². The molecule has 0 fully saturated rings. The van der Waals surface area contributed by atoms with Crippen LogP contribution in [0.15, 0.2) is 103 Å². The first-order chi connectivity index (χ1) is 16.1. The van der Waals surface area contributed by atoms with Crippen LogP contribution >= 0.6 is 0 Å². The summed E-state index contributed by atoms with van der Waals surface area (Å²) >= 11 is 0. The number of aliphatic imine (C=N–C) groups is 1. The van der Waals surface area contributed by atoms with Crippen LogP contribution in [0.5, 0.6) is 0 Å². The lowest BCUT2D eigenvalue weighted by atomic mass is 10.1. The van der Waals surface area contributed by atoms with Crippen LogP contribution < -0.4 is 16.4 Å². The van der Waals surface area contributed by atoms with E-state index in [-0.39, 0.29) is 5.91 Å². The molecular formula is C27H31N5O. The van der Waals surface area contributed by atoms with E-state index in [4.69, 9.17) is 5.73 Å². The molecule has 1 amide bonds. The predicted octanol–water partition coefficient (Wildman–Crippen LogP) is 5.57. The number of hydrogen-bond acceptors (Lipinski definition) is 5. The molecule has 0 saturated heterocycles. The molecule has 3 aromatic rings. The maximum absolute atomic E-state index is 12.4. The fraction of sp³-hybridized carbons (Fsp3) is 0.148. The molecule has 0 radical (unpaired) electrons. The Morgan fingerprint density at radius 1 is 1.06 bits per heavy atom. The summed E-state index contributed by atoms with van der Waals surface area (Å²) in [6.45, 7) is 10.5. The highest BCUT2D eigenvalue weighted by Crippen LogP contribution is 2.18. The lowest BCUT2D eigenvalue weighted by Gasteiger charge is -2.10. The summed E-state index contributed by atoms with van der Waals surface area (Å²) in [7, 11) is 0. The Labute approximate surface area is 196 Å². The second kappa shape index (κ2) is 13.3. The molecule has 0 aliphatic carbocycles. The molecule has 1 heterocycles. The number of aromatic nitrogens is 1. The minimum atomic E-state index is -0.209. The number of carbonyl (C=O) groups is 1.